The summed E-state index contributed by atoms with van der Waals surface area (Å²) in [5, 5.41) is -1.20. The Morgan fingerprint density at radius 1 is 1.05 bits per heavy atom. The van der Waals surface area contributed by atoms with Crippen LogP contribution in [0.3, 0.4) is 0 Å². The molecule has 0 fully saturated rings. The van der Waals surface area contributed by atoms with Gasteiger partial charge in [-0.3, -0.25) is 9.59 Å². The molecule has 1 aromatic rings. The molecule has 5 heteroatoms. The first kappa shape index (κ1) is 17.0. The molecule has 20 heavy (non-hydrogen) atoms. The van der Waals surface area contributed by atoms with Crippen molar-refractivity contribution >= 4 is 33.7 Å². The minimum atomic E-state index is -0.612. The average molecular weight is 317 g/mol. The lowest BCUT2D eigenvalue weighted by Crippen LogP contribution is -2.03. The van der Waals surface area contributed by atoms with Crippen LogP contribution in [0, 0.1) is 0 Å². The number of ether oxygens (including phenoxy) is 1. The van der Waals surface area contributed by atoms with E-state index in [1.54, 1.807) is 0 Å². The molecule has 0 amide bonds. The molecule has 0 unspecified atom stereocenters. The van der Waals surface area contributed by atoms with Crippen LogP contribution in [-0.4, -0.2) is 17.1 Å². The summed E-state index contributed by atoms with van der Waals surface area (Å²) in [5.41, 5.74) is 0.538. The van der Waals surface area contributed by atoms with Gasteiger partial charge in [-0.1, -0.05) is 32.6 Å². The van der Waals surface area contributed by atoms with E-state index < -0.39 is 10.5 Å². The zero-order valence-electron chi connectivity index (χ0n) is 11.5. The van der Waals surface area contributed by atoms with Gasteiger partial charge in [-0.25, -0.2) is 0 Å². The van der Waals surface area contributed by atoms with E-state index in [4.69, 9.17) is 27.9 Å². The van der Waals surface area contributed by atoms with Crippen LogP contribution in [0.4, 0.5) is 0 Å². The van der Waals surface area contributed by atoms with E-state index >= 15 is 0 Å². The van der Waals surface area contributed by atoms with Gasteiger partial charge in [0.05, 0.1) is 12.2 Å². The van der Waals surface area contributed by atoms with E-state index in [0.29, 0.717) is 12.4 Å². The highest BCUT2D eigenvalue weighted by Crippen LogP contribution is 2.23. The van der Waals surface area contributed by atoms with Crippen LogP contribution in [0.25, 0.3) is 0 Å². The van der Waals surface area contributed by atoms with Crippen LogP contribution in [0.15, 0.2) is 18.2 Å². The Balaban J connectivity index is 2.63. The van der Waals surface area contributed by atoms with Gasteiger partial charge in [0.1, 0.15) is 5.75 Å². The van der Waals surface area contributed by atoms with Crippen molar-refractivity contribution in [2.24, 2.45) is 0 Å². The van der Waals surface area contributed by atoms with Gasteiger partial charge < -0.3 is 4.74 Å². The van der Waals surface area contributed by atoms with Crippen molar-refractivity contribution in [2.75, 3.05) is 6.61 Å². The first-order chi connectivity index (χ1) is 9.56. The third-order valence-corrected chi connectivity index (χ3v) is 3.35. The van der Waals surface area contributed by atoms with E-state index in [-0.39, 0.29) is 11.1 Å². The summed E-state index contributed by atoms with van der Waals surface area (Å²) in [5.74, 6) is 0.312. The van der Waals surface area contributed by atoms with E-state index in [1.807, 2.05) is 0 Å². The largest absolute Gasteiger partial charge is 0.493 e. The maximum absolute atomic E-state index is 11.3. The van der Waals surface area contributed by atoms with Gasteiger partial charge in [0.25, 0.3) is 10.5 Å². The van der Waals surface area contributed by atoms with Gasteiger partial charge in [-0.15, -0.1) is 0 Å². The van der Waals surface area contributed by atoms with Crippen molar-refractivity contribution in [1.82, 2.24) is 0 Å². The summed E-state index contributed by atoms with van der Waals surface area (Å²) < 4.78 is 5.55. The topological polar surface area (TPSA) is 43.4 Å². The second kappa shape index (κ2) is 8.98. The second-order valence-electron chi connectivity index (χ2n) is 4.52. The maximum atomic E-state index is 11.3. The number of hydrogen-bond acceptors (Lipinski definition) is 3. The molecular formula is C15H18Cl2O3. The van der Waals surface area contributed by atoms with Crippen molar-refractivity contribution in [2.45, 2.75) is 39.0 Å². The summed E-state index contributed by atoms with van der Waals surface area (Å²) in [4.78, 5) is 22.4. The van der Waals surface area contributed by atoms with Gasteiger partial charge in [0.15, 0.2) is 0 Å². The van der Waals surface area contributed by atoms with Crippen LogP contribution in [-0.2, 0) is 0 Å². The molecule has 0 aliphatic carbocycles. The number of unbranched alkanes of at least 4 members (excludes halogenated alkanes) is 4. The van der Waals surface area contributed by atoms with Crippen LogP contribution >= 0.6 is 23.2 Å². The smallest absolute Gasteiger partial charge is 0.256 e. The predicted molar refractivity (Wildman–Crippen MR) is 81.1 cm³/mol. The van der Waals surface area contributed by atoms with Crippen LogP contribution < -0.4 is 4.74 Å². The normalized spacial score (nSPS) is 10.3. The van der Waals surface area contributed by atoms with Crippen LogP contribution in [0.5, 0.6) is 5.75 Å². The number of carbonyl (C=O) groups excluding carboxylic acids is 2. The van der Waals surface area contributed by atoms with E-state index in [0.717, 1.165) is 12.8 Å². The van der Waals surface area contributed by atoms with Gasteiger partial charge in [-0.2, -0.15) is 0 Å². The third-order valence-electron chi connectivity index (χ3n) is 2.93. The molecule has 0 aliphatic heterocycles. The minimum Gasteiger partial charge on any atom is -0.493 e. The number of hydrogen-bond donors (Lipinski definition) is 0. The molecule has 0 heterocycles. The number of halogens is 2. The summed E-state index contributed by atoms with van der Waals surface area (Å²) in [6.07, 6.45) is 5.54. The molecule has 1 rings (SSSR count). The van der Waals surface area contributed by atoms with Crippen molar-refractivity contribution in [1.29, 1.82) is 0 Å². The summed E-state index contributed by atoms with van der Waals surface area (Å²) in [7, 11) is 0. The fraction of sp³-hybridized carbons (Fsp3) is 0.467. The average Bonchev–Trinajstić information content (AvgIpc) is 2.42. The monoisotopic (exact) mass is 316 g/mol. The zero-order chi connectivity index (χ0) is 15.0. The lowest BCUT2D eigenvalue weighted by Gasteiger charge is -2.10. The molecule has 0 spiro atoms. The highest BCUT2D eigenvalue weighted by Gasteiger charge is 2.13. The van der Waals surface area contributed by atoms with Crippen molar-refractivity contribution < 1.29 is 14.3 Å². The Kier molecular flexibility index (Phi) is 7.63. The highest BCUT2D eigenvalue weighted by atomic mass is 35.5. The molecule has 0 atom stereocenters. The summed E-state index contributed by atoms with van der Waals surface area (Å²) in [6, 6.07) is 4.37. The molecule has 0 bridgehead atoms. The van der Waals surface area contributed by atoms with Gasteiger partial charge >= 0.3 is 0 Å². The molecule has 0 aromatic heterocycles. The SMILES string of the molecule is CCCCCCCOc1cc(C(=O)Cl)ccc1C(=O)Cl. The van der Waals surface area contributed by atoms with Gasteiger partial charge in [0.2, 0.25) is 0 Å². The number of benzene rings is 1. The maximum Gasteiger partial charge on any atom is 0.256 e. The highest BCUT2D eigenvalue weighted by molar-refractivity contribution is 6.68. The molecule has 3 nitrogen and oxygen atoms in total. The molecule has 110 valence electrons. The van der Waals surface area contributed by atoms with E-state index in [9.17, 15) is 9.59 Å². The quantitative estimate of drug-likeness (QED) is 0.485. The fourth-order valence-corrected chi connectivity index (χ4v) is 2.09. The standard InChI is InChI=1S/C15H18Cl2O3/c1-2-3-4-5-6-9-20-13-10-11(14(16)18)7-8-12(13)15(17)19/h7-8,10H,2-6,9H2,1H3. The lowest BCUT2D eigenvalue weighted by molar-refractivity contribution is 0.106. The Hall–Kier alpha value is -1.06. The first-order valence-electron chi connectivity index (χ1n) is 6.72. The molecule has 0 saturated heterocycles. The van der Waals surface area contributed by atoms with Gasteiger partial charge in [0, 0.05) is 5.56 Å². The first-order valence-corrected chi connectivity index (χ1v) is 7.48. The lowest BCUT2D eigenvalue weighted by atomic mass is 10.1. The van der Waals surface area contributed by atoms with Crippen molar-refractivity contribution in [3.8, 4) is 5.75 Å². The fourth-order valence-electron chi connectivity index (χ4n) is 1.81. The Labute approximate surface area is 129 Å². The molecule has 1 aromatic carbocycles. The minimum absolute atomic E-state index is 0.252. The Bertz CT molecular complexity index is 472. The van der Waals surface area contributed by atoms with Crippen LogP contribution in [0.1, 0.15) is 59.7 Å². The predicted octanol–water partition coefficient (Wildman–Crippen LogP) is 4.79. The third kappa shape index (κ3) is 5.51. The van der Waals surface area contributed by atoms with Gasteiger partial charge in [-0.05, 0) is 47.8 Å². The second-order valence-corrected chi connectivity index (χ2v) is 5.21. The zero-order valence-corrected chi connectivity index (χ0v) is 13.0. The molecule has 0 radical (unpaired) electrons. The number of carbonyl (C=O) groups is 2. The molecule has 0 saturated carbocycles. The van der Waals surface area contributed by atoms with E-state index in [1.165, 1.54) is 37.5 Å². The summed E-state index contributed by atoms with van der Waals surface area (Å²) in [6.45, 7) is 2.64. The van der Waals surface area contributed by atoms with E-state index in [2.05, 4.69) is 6.92 Å². The molecule has 0 N–H and O–H groups in total. The number of rotatable bonds is 9. The molecular weight excluding hydrogens is 299 g/mol. The van der Waals surface area contributed by atoms with Crippen molar-refractivity contribution in [3.05, 3.63) is 29.3 Å². The summed E-state index contributed by atoms with van der Waals surface area (Å²) >= 11 is 10.9. The van der Waals surface area contributed by atoms with Crippen molar-refractivity contribution in [3.63, 3.8) is 0 Å². The van der Waals surface area contributed by atoms with Crippen LogP contribution in [0.2, 0.25) is 0 Å². The molecule has 0 aliphatic rings. The Morgan fingerprint density at radius 3 is 2.35 bits per heavy atom. The Morgan fingerprint density at radius 2 is 1.75 bits per heavy atom.